The Labute approximate surface area is 136 Å². The lowest BCUT2D eigenvalue weighted by Crippen LogP contribution is -2.32. The van der Waals surface area contributed by atoms with Crippen molar-refractivity contribution in [2.45, 2.75) is 39.4 Å². The molecule has 7 heteroatoms. The predicted molar refractivity (Wildman–Crippen MR) is 86.5 cm³/mol. The first-order valence-corrected chi connectivity index (χ1v) is 7.63. The Kier molecular flexibility index (Phi) is 7.38. The van der Waals surface area contributed by atoms with E-state index in [2.05, 4.69) is 5.32 Å². The number of nitrogens with one attached hydrogen (secondary N) is 1. The fourth-order valence-corrected chi connectivity index (χ4v) is 2.37. The summed E-state index contributed by atoms with van der Waals surface area (Å²) < 4.78 is 13.6. The van der Waals surface area contributed by atoms with Crippen LogP contribution in [0.15, 0.2) is 18.2 Å². The van der Waals surface area contributed by atoms with Crippen molar-refractivity contribution in [3.63, 3.8) is 0 Å². The molecule has 0 aliphatic carbocycles. The molecule has 3 N–H and O–H groups in total. The SMILES string of the molecule is Cc1ccc(F)c(C(=O)NCC(=O)C[C@@H](CC(C)C)B(O)O)c1. The molecule has 0 radical (unpaired) electrons. The lowest BCUT2D eigenvalue weighted by molar-refractivity contribution is -0.118. The third-order valence-electron chi connectivity index (χ3n) is 3.50. The standard InChI is InChI=1S/C16H23BFNO4/c1-10(2)6-12(17(22)23)8-13(20)9-19-16(21)14-7-11(3)4-5-15(14)18/h4-5,7,10,12,22-23H,6,8-9H2,1-3H3,(H,19,21)/t12-/m1/s1. The molecule has 0 spiro atoms. The summed E-state index contributed by atoms with van der Waals surface area (Å²) in [7, 11) is -1.58. The molecular formula is C16H23BFNO4. The van der Waals surface area contributed by atoms with Gasteiger partial charge < -0.3 is 15.4 Å². The van der Waals surface area contributed by atoms with E-state index in [1.807, 2.05) is 13.8 Å². The van der Waals surface area contributed by atoms with Crippen molar-refractivity contribution in [3.8, 4) is 0 Å². The van der Waals surface area contributed by atoms with Crippen LogP contribution >= 0.6 is 0 Å². The third-order valence-corrected chi connectivity index (χ3v) is 3.50. The lowest BCUT2D eigenvalue weighted by Gasteiger charge is -2.17. The number of carbonyl (C=O) groups is 2. The minimum Gasteiger partial charge on any atom is -0.427 e. The van der Waals surface area contributed by atoms with Gasteiger partial charge in [0.25, 0.3) is 5.91 Å². The molecule has 23 heavy (non-hydrogen) atoms. The van der Waals surface area contributed by atoms with Gasteiger partial charge in [-0.05, 0) is 31.4 Å². The molecule has 0 saturated carbocycles. The van der Waals surface area contributed by atoms with Crippen LogP contribution in [0.4, 0.5) is 4.39 Å². The summed E-state index contributed by atoms with van der Waals surface area (Å²) in [5.74, 6) is -2.00. The van der Waals surface area contributed by atoms with E-state index in [4.69, 9.17) is 0 Å². The number of hydrogen-bond acceptors (Lipinski definition) is 4. The van der Waals surface area contributed by atoms with Gasteiger partial charge in [-0.2, -0.15) is 0 Å². The molecule has 126 valence electrons. The zero-order chi connectivity index (χ0) is 17.6. The Bertz CT molecular complexity index is 563. The first-order valence-electron chi connectivity index (χ1n) is 7.63. The number of benzene rings is 1. The van der Waals surface area contributed by atoms with E-state index >= 15 is 0 Å². The fourth-order valence-electron chi connectivity index (χ4n) is 2.37. The van der Waals surface area contributed by atoms with Crippen LogP contribution in [-0.4, -0.2) is 35.4 Å². The molecule has 1 aromatic rings. The molecule has 1 aromatic carbocycles. The van der Waals surface area contributed by atoms with Gasteiger partial charge in [-0.3, -0.25) is 9.59 Å². The maximum absolute atomic E-state index is 13.6. The van der Waals surface area contributed by atoms with Crippen LogP contribution in [0, 0.1) is 18.7 Å². The van der Waals surface area contributed by atoms with Crippen molar-refractivity contribution >= 4 is 18.8 Å². The monoisotopic (exact) mass is 323 g/mol. The van der Waals surface area contributed by atoms with Crippen molar-refractivity contribution in [1.82, 2.24) is 5.32 Å². The van der Waals surface area contributed by atoms with Crippen LogP contribution in [0.25, 0.3) is 0 Å². The summed E-state index contributed by atoms with van der Waals surface area (Å²) in [6.45, 7) is 5.30. The van der Waals surface area contributed by atoms with E-state index in [0.717, 1.165) is 5.56 Å². The first-order chi connectivity index (χ1) is 10.7. The van der Waals surface area contributed by atoms with Gasteiger partial charge in [0.1, 0.15) is 5.82 Å². The molecule has 0 aliphatic heterocycles. The zero-order valence-electron chi connectivity index (χ0n) is 13.7. The Morgan fingerprint density at radius 1 is 1.30 bits per heavy atom. The van der Waals surface area contributed by atoms with Crippen LogP contribution < -0.4 is 5.32 Å². The number of hydrogen-bond donors (Lipinski definition) is 3. The normalized spacial score (nSPS) is 12.1. The van der Waals surface area contributed by atoms with Gasteiger partial charge >= 0.3 is 7.12 Å². The molecule has 1 amide bonds. The van der Waals surface area contributed by atoms with E-state index in [1.165, 1.54) is 12.1 Å². The van der Waals surface area contributed by atoms with E-state index in [9.17, 15) is 24.0 Å². The average Bonchev–Trinajstić information content (AvgIpc) is 2.46. The fraction of sp³-hybridized carbons (Fsp3) is 0.500. The summed E-state index contributed by atoms with van der Waals surface area (Å²) in [4.78, 5) is 23.8. The molecule has 0 fully saturated rings. The minimum absolute atomic E-state index is 0.0492. The molecule has 0 aromatic heterocycles. The number of Topliss-reactive ketones (excluding diaryl/α,β-unsaturated/α-hetero) is 1. The molecule has 0 unspecified atom stereocenters. The van der Waals surface area contributed by atoms with Crippen LogP contribution in [0.2, 0.25) is 5.82 Å². The van der Waals surface area contributed by atoms with Gasteiger partial charge in [-0.25, -0.2) is 4.39 Å². The van der Waals surface area contributed by atoms with Crippen molar-refractivity contribution < 1.29 is 24.0 Å². The quantitative estimate of drug-likeness (QED) is 0.636. The number of ketones is 1. The number of amides is 1. The lowest BCUT2D eigenvalue weighted by atomic mass is 9.66. The molecule has 0 bridgehead atoms. The summed E-state index contributed by atoms with van der Waals surface area (Å²) >= 11 is 0. The molecule has 0 aliphatic rings. The zero-order valence-corrected chi connectivity index (χ0v) is 13.7. The highest BCUT2D eigenvalue weighted by Gasteiger charge is 2.26. The summed E-state index contributed by atoms with van der Waals surface area (Å²) in [5.41, 5.74) is 0.627. The molecular weight excluding hydrogens is 300 g/mol. The van der Waals surface area contributed by atoms with E-state index in [1.54, 1.807) is 13.0 Å². The van der Waals surface area contributed by atoms with Crippen molar-refractivity contribution in [3.05, 3.63) is 35.1 Å². The van der Waals surface area contributed by atoms with Crippen molar-refractivity contribution in [2.75, 3.05) is 6.54 Å². The van der Waals surface area contributed by atoms with Crippen LogP contribution in [0.1, 0.15) is 42.6 Å². The average molecular weight is 323 g/mol. The van der Waals surface area contributed by atoms with Crippen LogP contribution in [-0.2, 0) is 4.79 Å². The van der Waals surface area contributed by atoms with Gasteiger partial charge in [0.15, 0.2) is 5.78 Å². The van der Waals surface area contributed by atoms with Crippen molar-refractivity contribution in [1.29, 1.82) is 0 Å². The highest BCUT2D eigenvalue weighted by Crippen LogP contribution is 2.23. The van der Waals surface area contributed by atoms with Crippen molar-refractivity contribution in [2.24, 2.45) is 5.92 Å². The molecule has 5 nitrogen and oxygen atoms in total. The predicted octanol–water partition coefficient (Wildman–Crippen LogP) is 1.71. The summed E-state index contributed by atoms with van der Waals surface area (Å²) in [6, 6.07) is 4.16. The van der Waals surface area contributed by atoms with E-state index in [0.29, 0.717) is 6.42 Å². The topological polar surface area (TPSA) is 86.6 Å². The molecule has 0 heterocycles. The number of halogens is 1. The Morgan fingerprint density at radius 3 is 2.52 bits per heavy atom. The molecule has 1 atom stereocenters. The van der Waals surface area contributed by atoms with Gasteiger partial charge in [0, 0.05) is 12.2 Å². The maximum Gasteiger partial charge on any atom is 0.455 e. The highest BCUT2D eigenvalue weighted by molar-refractivity contribution is 6.43. The maximum atomic E-state index is 13.6. The third kappa shape index (κ3) is 6.50. The Balaban J connectivity index is 2.58. The van der Waals surface area contributed by atoms with Gasteiger partial charge in [0.05, 0.1) is 12.1 Å². The largest absolute Gasteiger partial charge is 0.455 e. The number of aryl methyl sites for hydroxylation is 1. The Morgan fingerprint density at radius 2 is 1.96 bits per heavy atom. The summed E-state index contributed by atoms with van der Waals surface area (Å²) in [6.07, 6.45) is 0.441. The smallest absolute Gasteiger partial charge is 0.427 e. The van der Waals surface area contributed by atoms with E-state index in [-0.39, 0.29) is 30.2 Å². The number of rotatable bonds is 8. The minimum atomic E-state index is -1.58. The second-order valence-corrected chi connectivity index (χ2v) is 6.21. The van der Waals surface area contributed by atoms with Gasteiger partial charge in [0.2, 0.25) is 0 Å². The van der Waals surface area contributed by atoms with Crippen LogP contribution in [0.5, 0.6) is 0 Å². The second kappa shape index (κ2) is 8.79. The summed E-state index contributed by atoms with van der Waals surface area (Å²) in [5, 5.41) is 21.0. The first kappa shape index (κ1) is 19.3. The van der Waals surface area contributed by atoms with Gasteiger partial charge in [-0.1, -0.05) is 25.5 Å². The molecule has 0 saturated heterocycles. The number of carbonyl (C=O) groups excluding carboxylic acids is 2. The van der Waals surface area contributed by atoms with Gasteiger partial charge in [-0.15, -0.1) is 0 Å². The molecule has 1 rings (SSSR count). The van der Waals surface area contributed by atoms with E-state index < -0.39 is 24.7 Å². The van der Waals surface area contributed by atoms with Crippen LogP contribution in [0.3, 0.4) is 0 Å². The Hall–Kier alpha value is -1.73. The second-order valence-electron chi connectivity index (χ2n) is 6.21. The highest BCUT2D eigenvalue weighted by atomic mass is 19.1.